The third kappa shape index (κ3) is 5.78. The molecule has 2 aromatic rings. The molecule has 29 heavy (non-hydrogen) atoms. The van der Waals surface area contributed by atoms with Crippen LogP contribution in [0.3, 0.4) is 0 Å². The van der Waals surface area contributed by atoms with Gasteiger partial charge in [-0.05, 0) is 43.2 Å². The molecule has 3 rings (SSSR count). The van der Waals surface area contributed by atoms with Gasteiger partial charge >= 0.3 is 0 Å². The van der Waals surface area contributed by atoms with Crippen LogP contribution < -0.4 is 20.3 Å². The topological polar surface area (TPSA) is 70.7 Å². The number of amides is 2. The normalized spacial score (nSPS) is 16.2. The quantitative estimate of drug-likeness (QED) is 0.727. The number of nitrogens with one attached hydrogen (secondary N) is 2. The number of halogens is 2. The number of rotatable bonds is 6. The molecule has 2 N–H and O–H groups in total. The van der Waals surface area contributed by atoms with Crippen molar-refractivity contribution in [3.63, 3.8) is 0 Å². The molecular formula is C21H23Cl2N3O3. The average molecular weight is 436 g/mol. The molecule has 1 heterocycles. The smallest absolute Gasteiger partial charge is 0.253 e. The van der Waals surface area contributed by atoms with Crippen molar-refractivity contribution in [3.05, 3.63) is 58.1 Å². The molecule has 1 aliphatic rings. The number of ether oxygens (including phenoxy) is 1. The molecule has 0 aromatic heterocycles. The Hall–Kier alpha value is -2.44. The fourth-order valence-electron chi connectivity index (χ4n) is 3.34. The molecule has 8 heteroatoms. The molecule has 0 spiro atoms. The summed E-state index contributed by atoms with van der Waals surface area (Å²) in [6.45, 7) is 1.51. The van der Waals surface area contributed by atoms with Gasteiger partial charge in [-0.2, -0.15) is 0 Å². The lowest BCUT2D eigenvalue weighted by molar-refractivity contribution is -0.120. The third-order valence-electron chi connectivity index (χ3n) is 4.79. The Morgan fingerprint density at radius 3 is 2.79 bits per heavy atom. The first-order valence-electron chi connectivity index (χ1n) is 9.38. The van der Waals surface area contributed by atoms with Crippen molar-refractivity contribution in [3.8, 4) is 5.75 Å². The Labute approximate surface area is 180 Å². The van der Waals surface area contributed by atoms with Crippen LogP contribution in [0.25, 0.3) is 0 Å². The summed E-state index contributed by atoms with van der Waals surface area (Å²) in [5.74, 6) is 0.154. The maximum Gasteiger partial charge on any atom is 0.253 e. The minimum Gasteiger partial charge on any atom is -0.497 e. The summed E-state index contributed by atoms with van der Waals surface area (Å²) in [6, 6.07) is 12.5. The van der Waals surface area contributed by atoms with E-state index in [-0.39, 0.29) is 29.1 Å². The van der Waals surface area contributed by atoms with Gasteiger partial charge in [-0.15, -0.1) is 0 Å². The Balaban J connectivity index is 1.51. The molecule has 1 saturated heterocycles. The number of hydrogen-bond donors (Lipinski definition) is 2. The van der Waals surface area contributed by atoms with Crippen LogP contribution in [-0.2, 0) is 4.79 Å². The van der Waals surface area contributed by atoms with Crippen LogP contribution in [0.2, 0.25) is 10.0 Å². The van der Waals surface area contributed by atoms with E-state index < -0.39 is 5.91 Å². The molecular weight excluding hydrogens is 413 g/mol. The van der Waals surface area contributed by atoms with Crippen molar-refractivity contribution in [2.24, 2.45) is 0 Å². The van der Waals surface area contributed by atoms with Gasteiger partial charge in [0.05, 0.1) is 24.2 Å². The summed E-state index contributed by atoms with van der Waals surface area (Å²) in [5, 5.41) is 6.29. The first-order chi connectivity index (χ1) is 14.0. The highest BCUT2D eigenvalue weighted by Gasteiger charge is 2.22. The lowest BCUT2D eigenvalue weighted by Crippen LogP contribution is -2.50. The van der Waals surface area contributed by atoms with E-state index >= 15 is 0 Å². The van der Waals surface area contributed by atoms with Gasteiger partial charge in [-0.3, -0.25) is 9.59 Å². The highest BCUT2D eigenvalue weighted by molar-refractivity contribution is 6.36. The number of nitrogens with zero attached hydrogens (tertiary/aromatic N) is 1. The summed E-state index contributed by atoms with van der Waals surface area (Å²) in [7, 11) is 1.64. The monoisotopic (exact) mass is 435 g/mol. The van der Waals surface area contributed by atoms with E-state index in [1.54, 1.807) is 13.2 Å². The van der Waals surface area contributed by atoms with Gasteiger partial charge in [-0.25, -0.2) is 0 Å². The van der Waals surface area contributed by atoms with Gasteiger partial charge in [-0.1, -0.05) is 29.3 Å². The second-order valence-corrected chi connectivity index (χ2v) is 7.70. The molecule has 1 fully saturated rings. The van der Waals surface area contributed by atoms with Gasteiger partial charge in [0.2, 0.25) is 5.91 Å². The predicted molar refractivity (Wildman–Crippen MR) is 115 cm³/mol. The van der Waals surface area contributed by atoms with E-state index in [9.17, 15) is 9.59 Å². The van der Waals surface area contributed by atoms with Crippen molar-refractivity contribution in [2.45, 2.75) is 18.9 Å². The molecule has 0 aliphatic carbocycles. The van der Waals surface area contributed by atoms with Crippen molar-refractivity contribution in [2.75, 3.05) is 31.6 Å². The van der Waals surface area contributed by atoms with Crippen molar-refractivity contribution in [1.29, 1.82) is 0 Å². The van der Waals surface area contributed by atoms with E-state index in [4.69, 9.17) is 27.9 Å². The van der Waals surface area contributed by atoms with Crippen LogP contribution in [-0.4, -0.2) is 44.6 Å². The number of hydrogen-bond acceptors (Lipinski definition) is 4. The molecule has 154 valence electrons. The standard InChI is InChI=1S/C21H23Cl2N3O3/c1-29-17-6-2-5-16(11-17)26-9-3-4-15(13-26)25-20(27)12-24-21(28)18-8-7-14(22)10-19(18)23/h2,5-8,10-11,15H,3-4,9,12-13H2,1H3,(H,24,28)(H,25,27). The molecule has 2 aromatic carbocycles. The zero-order valence-electron chi connectivity index (χ0n) is 16.1. The van der Waals surface area contributed by atoms with Gasteiger partial charge < -0.3 is 20.3 Å². The minimum absolute atomic E-state index is 0.0125. The molecule has 1 unspecified atom stereocenters. The van der Waals surface area contributed by atoms with E-state index in [2.05, 4.69) is 15.5 Å². The molecule has 2 amide bonds. The second-order valence-electron chi connectivity index (χ2n) is 6.86. The SMILES string of the molecule is COc1cccc(N2CCCC(NC(=O)CNC(=O)c3ccc(Cl)cc3Cl)C2)c1. The summed E-state index contributed by atoms with van der Waals surface area (Å²) in [5.41, 5.74) is 1.35. The largest absolute Gasteiger partial charge is 0.497 e. The van der Waals surface area contributed by atoms with Crippen molar-refractivity contribution >= 4 is 40.7 Å². The van der Waals surface area contributed by atoms with Crippen LogP contribution in [0.15, 0.2) is 42.5 Å². The molecule has 0 radical (unpaired) electrons. The highest BCUT2D eigenvalue weighted by Crippen LogP contribution is 2.24. The first-order valence-corrected chi connectivity index (χ1v) is 10.1. The molecule has 1 atom stereocenters. The summed E-state index contributed by atoms with van der Waals surface area (Å²) in [4.78, 5) is 26.8. The Bertz CT molecular complexity index is 891. The summed E-state index contributed by atoms with van der Waals surface area (Å²) < 4.78 is 5.29. The van der Waals surface area contributed by atoms with Gasteiger partial charge in [0.25, 0.3) is 5.91 Å². The van der Waals surface area contributed by atoms with Crippen molar-refractivity contribution in [1.82, 2.24) is 10.6 Å². The van der Waals surface area contributed by atoms with Crippen molar-refractivity contribution < 1.29 is 14.3 Å². The zero-order chi connectivity index (χ0) is 20.8. The van der Waals surface area contributed by atoms with Crippen LogP contribution >= 0.6 is 23.2 Å². The van der Waals surface area contributed by atoms with Crippen LogP contribution in [0.4, 0.5) is 5.69 Å². The van der Waals surface area contributed by atoms with Gasteiger partial charge in [0.1, 0.15) is 5.75 Å². The maximum absolute atomic E-state index is 12.3. The maximum atomic E-state index is 12.3. The van der Waals surface area contributed by atoms with E-state index in [0.29, 0.717) is 11.6 Å². The zero-order valence-corrected chi connectivity index (χ0v) is 17.6. The second kappa shape index (κ2) is 9.85. The molecule has 6 nitrogen and oxygen atoms in total. The fraction of sp³-hybridized carbons (Fsp3) is 0.333. The van der Waals surface area contributed by atoms with Gasteiger partial charge in [0, 0.05) is 35.9 Å². The van der Waals surface area contributed by atoms with Crippen LogP contribution in [0, 0.1) is 0 Å². The number of anilines is 1. The Kier molecular flexibility index (Phi) is 7.23. The molecule has 0 bridgehead atoms. The Morgan fingerprint density at radius 1 is 1.21 bits per heavy atom. The predicted octanol–water partition coefficient (Wildman–Crippen LogP) is 3.52. The van der Waals surface area contributed by atoms with Crippen LogP contribution in [0.5, 0.6) is 5.75 Å². The lowest BCUT2D eigenvalue weighted by atomic mass is 10.0. The molecule has 1 aliphatic heterocycles. The number of piperidine rings is 1. The summed E-state index contributed by atoms with van der Waals surface area (Å²) in [6.07, 6.45) is 1.86. The van der Waals surface area contributed by atoms with E-state index in [1.165, 1.54) is 12.1 Å². The average Bonchev–Trinajstić information content (AvgIpc) is 2.72. The highest BCUT2D eigenvalue weighted by atomic mass is 35.5. The third-order valence-corrected chi connectivity index (χ3v) is 5.34. The number of carbonyl (C=O) groups is 2. The van der Waals surface area contributed by atoms with E-state index in [0.717, 1.165) is 30.8 Å². The van der Waals surface area contributed by atoms with Crippen LogP contribution in [0.1, 0.15) is 23.2 Å². The number of benzene rings is 2. The fourth-order valence-corrected chi connectivity index (χ4v) is 3.84. The molecule has 0 saturated carbocycles. The first kappa shape index (κ1) is 21.3. The van der Waals surface area contributed by atoms with E-state index in [1.807, 2.05) is 24.3 Å². The Morgan fingerprint density at radius 2 is 2.03 bits per heavy atom. The van der Waals surface area contributed by atoms with Gasteiger partial charge in [0.15, 0.2) is 0 Å². The number of carbonyl (C=O) groups excluding carboxylic acids is 2. The summed E-state index contributed by atoms with van der Waals surface area (Å²) >= 11 is 11.9. The minimum atomic E-state index is -0.413. The lowest BCUT2D eigenvalue weighted by Gasteiger charge is -2.35. The number of methoxy groups -OCH3 is 1.